The largest absolute Gasteiger partial charge is 0.390 e. The SMILES string of the molecule is FC(F)(F)CCN1CCCC2(C1)OCCO2. The van der Waals surface area contributed by atoms with Crippen molar-refractivity contribution in [3.05, 3.63) is 0 Å². The lowest BCUT2D eigenvalue weighted by Crippen LogP contribution is -2.49. The number of rotatable bonds is 2. The van der Waals surface area contributed by atoms with Gasteiger partial charge in [-0.1, -0.05) is 0 Å². The summed E-state index contributed by atoms with van der Waals surface area (Å²) in [7, 11) is 0. The molecule has 3 nitrogen and oxygen atoms in total. The summed E-state index contributed by atoms with van der Waals surface area (Å²) in [5, 5.41) is 0. The summed E-state index contributed by atoms with van der Waals surface area (Å²) in [4.78, 5) is 1.78. The lowest BCUT2D eigenvalue weighted by Gasteiger charge is -2.38. The molecule has 0 radical (unpaired) electrons. The molecule has 2 saturated heterocycles. The van der Waals surface area contributed by atoms with Gasteiger partial charge in [0.15, 0.2) is 5.79 Å². The van der Waals surface area contributed by atoms with E-state index in [0.717, 1.165) is 12.8 Å². The predicted molar refractivity (Wildman–Crippen MR) is 51.0 cm³/mol. The Hall–Kier alpha value is -0.330. The second-order valence-electron chi connectivity index (χ2n) is 4.35. The lowest BCUT2D eigenvalue weighted by molar-refractivity contribution is -0.194. The van der Waals surface area contributed by atoms with Crippen molar-refractivity contribution in [2.75, 3.05) is 32.8 Å². The number of hydrogen-bond acceptors (Lipinski definition) is 3. The number of ether oxygens (including phenoxy) is 2. The Morgan fingerprint density at radius 3 is 2.50 bits per heavy atom. The summed E-state index contributed by atoms with van der Waals surface area (Å²) in [6, 6.07) is 0. The molecule has 0 bridgehead atoms. The Morgan fingerprint density at radius 1 is 1.19 bits per heavy atom. The molecule has 0 aromatic rings. The standard InChI is InChI=1S/C10H16F3NO2/c11-10(12,13)3-5-14-4-1-2-9(8-14)15-6-7-16-9/h1-8H2. The third-order valence-corrected chi connectivity index (χ3v) is 3.02. The summed E-state index contributed by atoms with van der Waals surface area (Å²) in [6.45, 7) is 2.30. The van der Waals surface area contributed by atoms with Crippen LogP contribution in [0, 0.1) is 0 Å². The van der Waals surface area contributed by atoms with Gasteiger partial charge in [-0.15, -0.1) is 0 Å². The number of piperidine rings is 1. The maximum Gasteiger partial charge on any atom is 0.390 e. The average molecular weight is 239 g/mol. The second kappa shape index (κ2) is 4.50. The van der Waals surface area contributed by atoms with E-state index in [1.165, 1.54) is 0 Å². The topological polar surface area (TPSA) is 21.7 Å². The van der Waals surface area contributed by atoms with Gasteiger partial charge in [-0.25, -0.2) is 0 Å². The Balaban J connectivity index is 1.82. The first-order chi connectivity index (χ1) is 7.49. The molecule has 2 aliphatic heterocycles. The van der Waals surface area contributed by atoms with E-state index in [2.05, 4.69) is 0 Å². The smallest absolute Gasteiger partial charge is 0.346 e. The fourth-order valence-corrected chi connectivity index (χ4v) is 2.28. The fourth-order valence-electron chi connectivity index (χ4n) is 2.28. The molecule has 16 heavy (non-hydrogen) atoms. The minimum atomic E-state index is -4.08. The molecular weight excluding hydrogens is 223 g/mol. The van der Waals surface area contributed by atoms with Gasteiger partial charge < -0.3 is 9.47 Å². The van der Waals surface area contributed by atoms with Crippen molar-refractivity contribution < 1.29 is 22.6 Å². The highest BCUT2D eigenvalue weighted by Gasteiger charge is 2.41. The molecule has 0 unspecified atom stereocenters. The van der Waals surface area contributed by atoms with E-state index in [1.807, 2.05) is 0 Å². The highest BCUT2D eigenvalue weighted by atomic mass is 19.4. The van der Waals surface area contributed by atoms with E-state index < -0.39 is 18.4 Å². The maximum atomic E-state index is 12.1. The van der Waals surface area contributed by atoms with Crippen LogP contribution in [0.5, 0.6) is 0 Å². The van der Waals surface area contributed by atoms with E-state index in [4.69, 9.17) is 9.47 Å². The number of likely N-dealkylation sites (tertiary alicyclic amines) is 1. The molecule has 94 valence electrons. The molecular formula is C10H16F3NO2. The first-order valence-electron chi connectivity index (χ1n) is 5.56. The van der Waals surface area contributed by atoms with Crippen LogP contribution in [-0.4, -0.2) is 49.7 Å². The fraction of sp³-hybridized carbons (Fsp3) is 1.00. The Bertz CT molecular complexity index is 239. The number of halogens is 3. The molecule has 0 aromatic carbocycles. The van der Waals surface area contributed by atoms with Crippen molar-refractivity contribution in [3.8, 4) is 0 Å². The molecule has 2 fully saturated rings. The van der Waals surface area contributed by atoms with Crippen LogP contribution < -0.4 is 0 Å². The van der Waals surface area contributed by atoms with Crippen LogP contribution in [-0.2, 0) is 9.47 Å². The third-order valence-electron chi connectivity index (χ3n) is 3.02. The Kier molecular flexibility index (Phi) is 3.42. The predicted octanol–water partition coefficient (Wildman–Crippen LogP) is 1.78. The summed E-state index contributed by atoms with van der Waals surface area (Å²) in [6.07, 6.45) is -3.22. The molecule has 0 N–H and O–H groups in total. The third kappa shape index (κ3) is 3.09. The van der Waals surface area contributed by atoms with E-state index in [9.17, 15) is 13.2 Å². The summed E-state index contributed by atoms with van der Waals surface area (Å²) < 4.78 is 47.3. The van der Waals surface area contributed by atoms with E-state index in [-0.39, 0.29) is 6.54 Å². The summed E-state index contributed by atoms with van der Waals surface area (Å²) in [5.74, 6) is -0.621. The monoisotopic (exact) mass is 239 g/mol. The molecule has 0 amide bonds. The average Bonchev–Trinajstić information content (AvgIpc) is 2.63. The molecule has 1 spiro atoms. The first-order valence-corrected chi connectivity index (χ1v) is 5.56. The number of alkyl halides is 3. The minimum absolute atomic E-state index is 0.0397. The number of hydrogen-bond donors (Lipinski definition) is 0. The van der Waals surface area contributed by atoms with Crippen LogP contribution >= 0.6 is 0 Å². The Morgan fingerprint density at radius 2 is 1.88 bits per heavy atom. The highest BCUT2D eigenvalue weighted by molar-refractivity contribution is 4.84. The van der Waals surface area contributed by atoms with Crippen LogP contribution in [0.1, 0.15) is 19.3 Å². The van der Waals surface area contributed by atoms with Crippen LogP contribution in [0.15, 0.2) is 0 Å². The van der Waals surface area contributed by atoms with E-state index >= 15 is 0 Å². The maximum absolute atomic E-state index is 12.1. The quantitative estimate of drug-likeness (QED) is 0.733. The molecule has 0 aromatic heterocycles. The van der Waals surface area contributed by atoms with Gasteiger partial charge >= 0.3 is 6.18 Å². The molecule has 2 rings (SSSR count). The van der Waals surface area contributed by atoms with E-state index in [0.29, 0.717) is 26.3 Å². The lowest BCUT2D eigenvalue weighted by atomic mass is 10.0. The van der Waals surface area contributed by atoms with Gasteiger partial charge in [0.2, 0.25) is 0 Å². The second-order valence-corrected chi connectivity index (χ2v) is 4.35. The van der Waals surface area contributed by atoms with Crippen molar-refractivity contribution >= 4 is 0 Å². The van der Waals surface area contributed by atoms with Gasteiger partial charge in [-0.3, -0.25) is 4.90 Å². The van der Waals surface area contributed by atoms with Crippen molar-refractivity contribution in [2.45, 2.75) is 31.2 Å². The van der Waals surface area contributed by atoms with Gasteiger partial charge in [-0.05, 0) is 13.0 Å². The zero-order valence-electron chi connectivity index (χ0n) is 9.05. The first kappa shape index (κ1) is 12.1. The zero-order valence-corrected chi connectivity index (χ0v) is 9.05. The van der Waals surface area contributed by atoms with Crippen LogP contribution in [0.2, 0.25) is 0 Å². The normalized spacial score (nSPS) is 26.4. The van der Waals surface area contributed by atoms with Crippen molar-refractivity contribution in [1.82, 2.24) is 4.90 Å². The summed E-state index contributed by atoms with van der Waals surface area (Å²) >= 11 is 0. The van der Waals surface area contributed by atoms with Gasteiger partial charge in [0.1, 0.15) is 0 Å². The summed E-state index contributed by atoms with van der Waals surface area (Å²) in [5.41, 5.74) is 0. The molecule has 0 saturated carbocycles. The molecule has 0 aliphatic carbocycles. The van der Waals surface area contributed by atoms with Gasteiger partial charge in [0.05, 0.1) is 26.2 Å². The van der Waals surface area contributed by atoms with Crippen LogP contribution in [0.4, 0.5) is 13.2 Å². The van der Waals surface area contributed by atoms with Crippen molar-refractivity contribution in [3.63, 3.8) is 0 Å². The highest BCUT2D eigenvalue weighted by Crippen LogP contribution is 2.30. The number of nitrogens with zero attached hydrogens (tertiary/aromatic N) is 1. The molecule has 0 atom stereocenters. The van der Waals surface area contributed by atoms with E-state index in [1.54, 1.807) is 4.90 Å². The van der Waals surface area contributed by atoms with Gasteiger partial charge in [-0.2, -0.15) is 13.2 Å². The zero-order chi connectivity index (χ0) is 11.6. The van der Waals surface area contributed by atoms with Gasteiger partial charge in [0, 0.05) is 13.0 Å². The van der Waals surface area contributed by atoms with Crippen molar-refractivity contribution in [1.29, 1.82) is 0 Å². The van der Waals surface area contributed by atoms with Crippen LogP contribution in [0.3, 0.4) is 0 Å². The minimum Gasteiger partial charge on any atom is -0.346 e. The van der Waals surface area contributed by atoms with Crippen molar-refractivity contribution in [2.24, 2.45) is 0 Å². The molecule has 6 heteroatoms. The van der Waals surface area contributed by atoms with Gasteiger partial charge in [0.25, 0.3) is 0 Å². The van der Waals surface area contributed by atoms with Crippen LogP contribution in [0.25, 0.3) is 0 Å². The molecule has 2 heterocycles. The molecule has 2 aliphatic rings. The Labute approximate surface area is 92.5 Å².